The number of nitrogens with zero attached hydrogens (tertiary/aromatic N) is 1. The fourth-order valence-corrected chi connectivity index (χ4v) is 2.02. The average molecular weight is 274 g/mol. The van der Waals surface area contributed by atoms with Gasteiger partial charge in [-0.15, -0.1) is 0 Å². The Balaban J connectivity index is 2.03. The van der Waals surface area contributed by atoms with Gasteiger partial charge in [0.25, 0.3) is 5.69 Å². The van der Waals surface area contributed by atoms with Crippen molar-refractivity contribution in [3.8, 4) is 0 Å². The largest absolute Gasteiger partial charge is 0.384 e. The number of aryl methyl sites for hydroxylation is 1. The minimum atomic E-state index is -0.386. The summed E-state index contributed by atoms with van der Waals surface area (Å²) in [5, 5.41) is 14.0. The molecule has 0 aromatic heterocycles. The van der Waals surface area contributed by atoms with E-state index in [1.807, 2.05) is 6.92 Å². The molecule has 0 amide bonds. The third-order valence-corrected chi connectivity index (χ3v) is 3.10. The Bertz CT molecular complexity index is 629. The molecule has 5 heteroatoms. The summed E-state index contributed by atoms with van der Waals surface area (Å²) in [5.41, 5.74) is 2.43. The zero-order valence-electron chi connectivity index (χ0n) is 11.1. The maximum absolute atomic E-state index is 13.1. The van der Waals surface area contributed by atoms with Gasteiger partial charge < -0.3 is 5.32 Å². The summed E-state index contributed by atoms with van der Waals surface area (Å²) in [6.07, 6.45) is 0.507. The van der Waals surface area contributed by atoms with E-state index in [4.69, 9.17) is 0 Å². The number of rotatable bonds is 5. The van der Waals surface area contributed by atoms with E-state index >= 15 is 0 Å². The van der Waals surface area contributed by atoms with Crippen LogP contribution in [-0.2, 0) is 6.42 Å². The van der Waals surface area contributed by atoms with Crippen molar-refractivity contribution in [1.82, 2.24) is 0 Å². The van der Waals surface area contributed by atoms with Crippen molar-refractivity contribution in [3.05, 3.63) is 69.5 Å². The maximum Gasteiger partial charge on any atom is 0.272 e. The molecular weight excluding hydrogens is 259 g/mol. The molecule has 20 heavy (non-hydrogen) atoms. The van der Waals surface area contributed by atoms with Crippen LogP contribution in [-0.4, -0.2) is 11.5 Å². The fraction of sp³-hybridized carbons (Fsp3) is 0.200. The summed E-state index contributed by atoms with van der Waals surface area (Å²) in [6.45, 7) is 2.39. The summed E-state index contributed by atoms with van der Waals surface area (Å²) < 4.78 is 13.1. The molecule has 0 bridgehead atoms. The molecular formula is C15H15FN2O2. The van der Waals surface area contributed by atoms with Crippen molar-refractivity contribution in [3.63, 3.8) is 0 Å². The molecule has 0 aliphatic rings. The highest BCUT2D eigenvalue weighted by atomic mass is 19.1. The predicted molar refractivity (Wildman–Crippen MR) is 76.4 cm³/mol. The maximum atomic E-state index is 13.1. The smallest absolute Gasteiger partial charge is 0.272 e. The van der Waals surface area contributed by atoms with Gasteiger partial charge in [-0.05, 0) is 31.0 Å². The van der Waals surface area contributed by atoms with E-state index in [9.17, 15) is 14.5 Å². The minimum absolute atomic E-state index is 0.116. The van der Waals surface area contributed by atoms with E-state index < -0.39 is 0 Å². The lowest BCUT2D eigenvalue weighted by molar-refractivity contribution is -0.385. The molecule has 0 aliphatic carbocycles. The fourth-order valence-electron chi connectivity index (χ4n) is 2.02. The third kappa shape index (κ3) is 3.32. The number of nitro groups is 1. The molecule has 0 aliphatic heterocycles. The van der Waals surface area contributed by atoms with Crippen molar-refractivity contribution in [1.29, 1.82) is 0 Å². The summed E-state index contributed by atoms with van der Waals surface area (Å²) in [4.78, 5) is 10.5. The quantitative estimate of drug-likeness (QED) is 0.668. The number of nitrogens with one attached hydrogen (secondary N) is 1. The lowest BCUT2D eigenvalue weighted by atomic mass is 10.1. The van der Waals surface area contributed by atoms with Gasteiger partial charge in [-0.2, -0.15) is 0 Å². The lowest BCUT2D eigenvalue weighted by Crippen LogP contribution is -2.07. The second-order valence-electron chi connectivity index (χ2n) is 4.52. The van der Waals surface area contributed by atoms with Crippen LogP contribution < -0.4 is 5.32 Å². The highest BCUT2D eigenvalue weighted by molar-refractivity contribution is 5.51. The zero-order chi connectivity index (χ0) is 14.5. The Hall–Kier alpha value is -2.43. The van der Waals surface area contributed by atoms with Crippen LogP contribution in [0.25, 0.3) is 0 Å². The van der Waals surface area contributed by atoms with Crippen molar-refractivity contribution < 1.29 is 9.31 Å². The molecule has 0 radical (unpaired) electrons. The summed E-state index contributed by atoms with van der Waals surface area (Å²) in [5.74, 6) is -0.302. The zero-order valence-corrected chi connectivity index (χ0v) is 11.1. The normalized spacial score (nSPS) is 10.3. The van der Waals surface area contributed by atoms with Crippen molar-refractivity contribution in [2.45, 2.75) is 13.3 Å². The first-order valence-electron chi connectivity index (χ1n) is 6.30. The van der Waals surface area contributed by atoms with Gasteiger partial charge in [-0.3, -0.25) is 10.1 Å². The Morgan fingerprint density at radius 2 is 2.00 bits per heavy atom. The van der Waals surface area contributed by atoms with Gasteiger partial charge in [0, 0.05) is 23.9 Å². The number of nitro benzene ring substituents is 1. The van der Waals surface area contributed by atoms with Gasteiger partial charge >= 0.3 is 0 Å². The first-order valence-corrected chi connectivity index (χ1v) is 6.30. The molecule has 1 N–H and O–H groups in total. The molecule has 4 nitrogen and oxygen atoms in total. The van der Waals surface area contributed by atoms with Gasteiger partial charge in [0.15, 0.2) is 0 Å². The molecule has 0 fully saturated rings. The predicted octanol–water partition coefficient (Wildman–Crippen LogP) is 3.70. The monoisotopic (exact) mass is 274 g/mol. The lowest BCUT2D eigenvalue weighted by Gasteiger charge is -2.09. The number of halogens is 1. The Kier molecular flexibility index (Phi) is 4.30. The van der Waals surface area contributed by atoms with E-state index in [1.165, 1.54) is 18.2 Å². The third-order valence-electron chi connectivity index (χ3n) is 3.10. The van der Waals surface area contributed by atoms with Crippen LogP contribution in [0.4, 0.5) is 15.8 Å². The van der Waals surface area contributed by atoms with E-state index in [0.29, 0.717) is 24.2 Å². The van der Waals surface area contributed by atoms with Crippen LogP contribution in [0.3, 0.4) is 0 Å². The van der Waals surface area contributed by atoms with Crippen molar-refractivity contribution in [2.75, 3.05) is 11.9 Å². The van der Waals surface area contributed by atoms with E-state index in [-0.39, 0.29) is 16.4 Å². The van der Waals surface area contributed by atoms with E-state index in [1.54, 1.807) is 24.3 Å². The van der Waals surface area contributed by atoms with Crippen LogP contribution in [0.5, 0.6) is 0 Å². The molecule has 0 atom stereocenters. The molecule has 0 saturated heterocycles. The highest BCUT2D eigenvalue weighted by Crippen LogP contribution is 2.19. The van der Waals surface area contributed by atoms with E-state index in [2.05, 4.69) is 5.32 Å². The Labute approximate surface area is 116 Å². The standard InChI is InChI=1S/C15H15FN2O2/c1-11-6-7-13(16)10-14(11)17-9-8-12-4-2-3-5-15(12)18(19)20/h2-7,10,17H,8-9H2,1H3. The molecule has 2 rings (SSSR count). The number of anilines is 1. The van der Waals surface area contributed by atoms with Crippen LogP contribution >= 0.6 is 0 Å². The van der Waals surface area contributed by atoms with Crippen LogP contribution in [0.2, 0.25) is 0 Å². The van der Waals surface area contributed by atoms with Crippen molar-refractivity contribution >= 4 is 11.4 Å². The minimum Gasteiger partial charge on any atom is -0.384 e. The van der Waals surface area contributed by atoms with Gasteiger partial charge in [-0.1, -0.05) is 24.3 Å². The topological polar surface area (TPSA) is 55.2 Å². The first kappa shape index (κ1) is 14.0. The summed E-state index contributed by atoms with van der Waals surface area (Å²) >= 11 is 0. The summed E-state index contributed by atoms with van der Waals surface area (Å²) in [7, 11) is 0. The highest BCUT2D eigenvalue weighted by Gasteiger charge is 2.11. The average Bonchev–Trinajstić information content (AvgIpc) is 2.43. The Morgan fingerprint density at radius 1 is 1.25 bits per heavy atom. The molecule has 2 aromatic carbocycles. The first-order chi connectivity index (χ1) is 9.58. The number of hydrogen-bond donors (Lipinski definition) is 1. The molecule has 104 valence electrons. The molecule has 0 spiro atoms. The second-order valence-corrected chi connectivity index (χ2v) is 4.52. The Morgan fingerprint density at radius 3 is 2.75 bits per heavy atom. The van der Waals surface area contributed by atoms with Gasteiger partial charge in [0.05, 0.1) is 4.92 Å². The SMILES string of the molecule is Cc1ccc(F)cc1NCCc1ccccc1[N+](=O)[O-]. The summed E-state index contributed by atoms with van der Waals surface area (Å²) in [6, 6.07) is 11.2. The van der Waals surface area contributed by atoms with Gasteiger partial charge in [0.2, 0.25) is 0 Å². The molecule has 0 saturated carbocycles. The van der Waals surface area contributed by atoms with Crippen LogP contribution in [0.1, 0.15) is 11.1 Å². The molecule has 0 unspecified atom stereocenters. The second kappa shape index (κ2) is 6.14. The van der Waals surface area contributed by atoms with E-state index in [0.717, 1.165) is 5.56 Å². The van der Waals surface area contributed by atoms with Crippen molar-refractivity contribution in [2.24, 2.45) is 0 Å². The number of benzene rings is 2. The van der Waals surface area contributed by atoms with Crippen LogP contribution in [0, 0.1) is 22.9 Å². The van der Waals surface area contributed by atoms with Gasteiger partial charge in [0.1, 0.15) is 5.82 Å². The van der Waals surface area contributed by atoms with Crippen LogP contribution in [0.15, 0.2) is 42.5 Å². The number of para-hydroxylation sites is 1. The van der Waals surface area contributed by atoms with Gasteiger partial charge in [-0.25, -0.2) is 4.39 Å². The molecule has 2 aromatic rings. The molecule has 0 heterocycles. The number of hydrogen-bond acceptors (Lipinski definition) is 3.